The second kappa shape index (κ2) is 15.5. The van der Waals surface area contributed by atoms with Crippen LogP contribution in [0.25, 0.3) is 0 Å². The number of rotatable bonds is 12. The van der Waals surface area contributed by atoms with Crippen LogP contribution in [0.3, 0.4) is 0 Å². The highest BCUT2D eigenvalue weighted by Crippen LogP contribution is 2.27. The molecule has 7 nitrogen and oxygen atoms in total. The number of anilines is 1. The smallest absolute Gasteiger partial charge is 0.240 e. The largest absolute Gasteiger partial charge is 0.367 e. The zero-order valence-corrected chi connectivity index (χ0v) is 27.3. The molecule has 1 atom stereocenters. The molecule has 3 heterocycles. The molecule has 0 unspecified atom stereocenters. The molecule has 1 fully saturated rings. The summed E-state index contributed by atoms with van der Waals surface area (Å²) in [6.45, 7) is 7.38. The maximum Gasteiger partial charge on any atom is 0.240 e. The van der Waals surface area contributed by atoms with Crippen molar-refractivity contribution in [3.05, 3.63) is 124 Å². The number of ketones is 1. The van der Waals surface area contributed by atoms with Gasteiger partial charge in [0.25, 0.3) is 0 Å². The second-order valence-electron chi connectivity index (χ2n) is 11.9. The van der Waals surface area contributed by atoms with Gasteiger partial charge in [-0.1, -0.05) is 67.4 Å². The first kappa shape index (κ1) is 32.6. The fourth-order valence-electron chi connectivity index (χ4n) is 5.79. The van der Waals surface area contributed by atoms with Crippen LogP contribution in [0.4, 0.5) is 5.69 Å². The highest BCUT2D eigenvalue weighted by atomic mass is 35.5. The lowest BCUT2D eigenvalue weighted by Gasteiger charge is -2.40. The Morgan fingerprint density at radius 2 is 1.44 bits per heavy atom. The number of carbonyl (C=O) groups excluding carboxylic acids is 2. The topological polar surface area (TPSA) is 69.6 Å². The molecule has 0 saturated carbocycles. The molecule has 45 heavy (non-hydrogen) atoms. The summed E-state index contributed by atoms with van der Waals surface area (Å²) in [5.74, 6) is 0.460. The Kier molecular flexibility index (Phi) is 11.2. The number of nitrogens with zero attached hydrogens (tertiary/aromatic N) is 5. The lowest BCUT2D eigenvalue weighted by molar-refractivity contribution is -0.138. The fourth-order valence-corrected chi connectivity index (χ4v) is 6.27. The minimum atomic E-state index is -0.529. The van der Waals surface area contributed by atoms with Crippen LogP contribution in [0, 0.1) is 5.92 Å². The third-order valence-electron chi connectivity index (χ3n) is 8.07. The van der Waals surface area contributed by atoms with Crippen LogP contribution in [-0.2, 0) is 24.3 Å². The Balaban J connectivity index is 1.41. The predicted octanol–water partition coefficient (Wildman–Crippen LogP) is 6.97. The Labute approximate surface area is 275 Å². The second-order valence-corrected chi connectivity index (χ2v) is 12.7. The van der Waals surface area contributed by atoms with Crippen molar-refractivity contribution in [2.45, 2.75) is 45.8 Å². The fraction of sp³-hybridized carbons (Fsp3) is 0.333. The number of para-hydroxylation sites is 1. The summed E-state index contributed by atoms with van der Waals surface area (Å²) in [6.07, 6.45) is 4.45. The van der Waals surface area contributed by atoms with Gasteiger partial charge in [0.1, 0.15) is 0 Å². The van der Waals surface area contributed by atoms with Gasteiger partial charge in [0.05, 0.1) is 17.4 Å². The van der Waals surface area contributed by atoms with E-state index in [9.17, 15) is 9.59 Å². The molecule has 9 heteroatoms. The number of pyridine rings is 2. The summed E-state index contributed by atoms with van der Waals surface area (Å²) in [4.78, 5) is 43.0. The SMILES string of the molecule is CC(C)CC(=O)c1ccccc1N1CCN(C(=O)[C@@H](Cc2ccc(Cl)cc2Cl)N(Cc2ccccn2)Cc2ccccn2)CC1. The molecule has 1 saturated heterocycles. The highest BCUT2D eigenvalue weighted by Gasteiger charge is 2.33. The van der Waals surface area contributed by atoms with Crippen molar-refractivity contribution in [1.29, 1.82) is 0 Å². The summed E-state index contributed by atoms with van der Waals surface area (Å²) >= 11 is 12.9. The zero-order chi connectivity index (χ0) is 31.8. The van der Waals surface area contributed by atoms with Crippen molar-refractivity contribution in [3.63, 3.8) is 0 Å². The van der Waals surface area contributed by atoms with E-state index < -0.39 is 6.04 Å². The molecule has 0 radical (unpaired) electrons. The lowest BCUT2D eigenvalue weighted by atomic mass is 9.99. The average Bonchev–Trinajstić information content (AvgIpc) is 3.04. The molecule has 0 aliphatic carbocycles. The first-order valence-electron chi connectivity index (χ1n) is 15.4. The normalized spacial score (nSPS) is 14.2. The van der Waals surface area contributed by atoms with E-state index in [1.54, 1.807) is 18.5 Å². The van der Waals surface area contributed by atoms with Crippen molar-refractivity contribution in [1.82, 2.24) is 19.8 Å². The van der Waals surface area contributed by atoms with Crippen LogP contribution in [-0.4, -0.2) is 63.7 Å². The summed E-state index contributed by atoms with van der Waals surface area (Å²) in [6, 6.07) is 24.3. The maximum absolute atomic E-state index is 14.5. The van der Waals surface area contributed by atoms with E-state index in [-0.39, 0.29) is 17.6 Å². The van der Waals surface area contributed by atoms with Gasteiger partial charge in [0.15, 0.2) is 5.78 Å². The van der Waals surface area contributed by atoms with Crippen LogP contribution in [0.1, 0.15) is 47.6 Å². The van der Waals surface area contributed by atoms with E-state index in [1.165, 1.54) is 0 Å². The molecule has 1 amide bonds. The van der Waals surface area contributed by atoms with Crippen molar-refractivity contribution in [2.75, 3.05) is 31.1 Å². The van der Waals surface area contributed by atoms with Gasteiger partial charge in [-0.15, -0.1) is 0 Å². The molecule has 2 aromatic carbocycles. The zero-order valence-electron chi connectivity index (χ0n) is 25.8. The Morgan fingerprint density at radius 3 is 2.02 bits per heavy atom. The summed E-state index contributed by atoms with van der Waals surface area (Å²) in [5.41, 5.74) is 4.26. The van der Waals surface area contributed by atoms with Gasteiger partial charge < -0.3 is 9.80 Å². The van der Waals surface area contributed by atoms with E-state index in [0.29, 0.717) is 62.2 Å². The van der Waals surface area contributed by atoms with E-state index in [4.69, 9.17) is 23.2 Å². The number of hydrogen-bond donors (Lipinski definition) is 0. The van der Waals surface area contributed by atoms with E-state index in [0.717, 1.165) is 28.2 Å². The van der Waals surface area contributed by atoms with Gasteiger partial charge in [-0.25, -0.2) is 0 Å². The van der Waals surface area contributed by atoms with Crippen LogP contribution in [0.2, 0.25) is 10.0 Å². The predicted molar refractivity (Wildman–Crippen MR) is 181 cm³/mol. The molecule has 2 aromatic heterocycles. The number of carbonyl (C=O) groups is 2. The number of halogens is 2. The lowest BCUT2D eigenvalue weighted by Crippen LogP contribution is -2.55. The van der Waals surface area contributed by atoms with Gasteiger partial charge in [0.2, 0.25) is 5.91 Å². The summed E-state index contributed by atoms with van der Waals surface area (Å²) in [7, 11) is 0. The number of hydrogen-bond acceptors (Lipinski definition) is 6. The van der Waals surface area contributed by atoms with Gasteiger partial charge in [-0.2, -0.15) is 0 Å². The standard InChI is InChI=1S/C36H39Cl2N5O2/c1-26(2)21-35(44)31-11-3-4-12-33(31)41-17-19-42(20-18-41)36(45)34(22-27-13-14-28(37)23-32(27)38)43(24-29-9-5-7-15-39-29)25-30-10-6-8-16-40-30/h3-16,23,26,34H,17-22,24-25H2,1-2H3/t34-/m1/s1. The first-order chi connectivity index (χ1) is 21.8. The molecular formula is C36H39Cl2N5O2. The molecule has 5 rings (SSSR count). The molecule has 4 aromatic rings. The highest BCUT2D eigenvalue weighted by molar-refractivity contribution is 6.35. The molecule has 1 aliphatic rings. The monoisotopic (exact) mass is 643 g/mol. The third-order valence-corrected chi connectivity index (χ3v) is 8.65. The minimum absolute atomic E-state index is 0.0247. The molecular weight excluding hydrogens is 605 g/mol. The molecule has 0 spiro atoms. The average molecular weight is 645 g/mol. The van der Waals surface area contributed by atoms with Crippen LogP contribution in [0.5, 0.6) is 0 Å². The number of piperazine rings is 1. The Hall–Kier alpha value is -3.78. The quantitative estimate of drug-likeness (QED) is 0.155. The molecule has 0 bridgehead atoms. The number of benzene rings is 2. The van der Waals surface area contributed by atoms with Gasteiger partial charge in [0, 0.05) is 79.4 Å². The first-order valence-corrected chi connectivity index (χ1v) is 16.2. The van der Waals surface area contributed by atoms with E-state index >= 15 is 0 Å². The maximum atomic E-state index is 14.5. The number of amides is 1. The number of aromatic nitrogens is 2. The van der Waals surface area contributed by atoms with Crippen molar-refractivity contribution >= 4 is 40.6 Å². The van der Waals surface area contributed by atoms with Gasteiger partial charge in [-0.05, 0) is 66.4 Å². The minimum Gasteiger partial charge on any atom is -0.367 e. The Morgan fingerprint density at radius 1 is 0.822 bits per heavy atom. The molecule has 1 aliphatic heterocycles. The van der Waals surface area contributed by atoms with Crippen LogP contribution in [0.15, 0.2) is 91.3 Å². The summed E-state index contributed by atoms with van der Waals surface area (Å²) in [5, 5.41) is 1.08. The van der Waals surface area contributed by atoms with Crippen molar-refractivity contribution in [3.8, 4) is 0 Å². The van der Waals surface area contributed by atoms with Crippen molar-refractivity contribution in [2.24, 2.45) is 5.92 Å². The third kappa shape index (κ3) is 8.69. The Bertz CT molecular complexity index is 1540. The molecule has 0 N–H and O–H groups in total. The molecule has 234 valence electrons. The van der Waals surface area contributed by atoms with E-state index in [1.807, 2.05) is 77.7 Å². The van der Waals surface area contributed by atoms with Crippen LogP contribution >= 0.6 is 23.2 Å². The number of Topliss-reactive ketones (excluding diaryl/α,β-unsaturated/α-hetero) is 1. The van der Waals surface area contributed by atoms with E-state index in [2.05, 4.69) is 33.6 Å². The summed E-state index contributed by atoms with van der Waals surface area (Å²) < 4.78 is 0. The van der Waals surface area contributed by atoms with Crippen molar-refractivity contribution < 1.29 is 9.59 Å². The van der Waals surface area contributed by atoms with Gasteiger partial charge >= 0.3 is 0 Å². The van der Waals surface area contributed by atoms with Gasteiger partial charge in [-0.3, -0.25) is 24.5 Å². The van der Waals surface area contributed by atoms with Crippen LogP contribution < -0.4 is 4.90 Å².